The molecule has 0 radical (unpaired) electrons. The van der Waals surface area contributed by atoms with E-state index in [1.165, 1.54) is 18.4 Å². The molecule has 2 aromatic carbocycles. The van der Waals surface area contributed by atoms with Crippen LogP contribution in [-0.2, 0) is 4.79 Å². The summed E-state index contributed by atoms with van der Waals surface area (Å²) in [4.78, 5) is 28.1. The highest BCUT2D eigenvalue weighted by Crippen LogP contribution is 2.24. The SMILES string of the molecule is CC(C)[C@@H](NC(=O)c1ccccc1Cl)C(=O)NC[C@H](c1ccccc1)N1CCCC1. The van der Waals surface area contributed by atoms with E-state index < -0.39 is 6.04 Å². The molecule has 3 rings (SSSR count). The van der Waals surface area contributed by atoms with E-state index >= 15 is 0 Å². The van der Waals surface area contributed by atoms with E-state index in [4.69, 9.17) is 11.6 Å². The molecule has 1 fully saturated rings. The molecule has 1 saturated heterocycles. The molecule has 0 saturated carbocycles. The molecule has 2 aromatic rings. The minimum atomic E-state index is -0.635. The summed E-state index contributed by atoms with van der Waals surface area (Å²) >= 11 is 6.14. The van der Waals surface area contributed by atoms with Crippen molar-refractivity contribution < 1.29 is 9.59 Å². The van der Waals surface area contributed by atoms with Crippen LogP contribution in [-0.4, -0.2) is 42.4 Å². The van der Waals surface area contributed by atoms with Crippen molar-refractivity contribution in [2.75, 3.05) is 19.6 Å². The van der Waals surface area contributed by atoms with Gasteiger partial charge in [0.25, 0.3) is 5.91 Å². The van der Waals surface area contributed by atoms with Crippen LogP contribution in [0.1, 0.15) is 48.7 Å². The van der Waals surface area contributed by atoms with Crippen molar-refractivity contribution >= 4 is 23.4 Å². The van der Waals surface area contributed by atoms with Gasteiger partial charge in [-0.15, -0.1) is 0 Å². The maximum Gasteiger partial charge on any atom is 0.253 e. The molecule has 1 heterocycles. The van der Waals surface area contributed by atoms with Gasteiger partial charge in [0.05, 0.1) is 16.6 Å². The van der Waals surface area contributed by atoms with E-state index in [2.05, 4.69) is 27.7 Å². The Morgan fingerprint density at radius 1 is 1.00 bits per heavy atom. The van der Waals surface area contributed by atoms with E-state index in [-0.39, 0.29) is 23.8 Å². The number of carbonyl (C=O) groups excluding carboxylic acids is 2. The number of nitrogens with one attached hydrogen (secondary N) is 2. The quantitative estimate of drug-likeness (QED) is 0.668. The number of nitrogens with zero attached hydrogens (tertiary/aromatic N) is 1. The van der Waals surface area contributed by atoms with Gasteiger partial charge in [-0.05, 0) is 49.5 Å². The summed E-state index contributed by atoms with van der Waals surface area (Å²) in [6.45, 7) is 6.42. The highest BCUT2D eigenvalue weighted by molar-refractivity contribution is 6.33. The van der Waals surface area contributed by atoms with Crippen molar-refractivity contribution in [1.29, 1.82) is 0 Å². The van der Waals surface area contributed by atoms with Crippen LogP contribution >= 0.6 is 11.6 Å². The molecule has 0 spiro atoms. The third kappa shape index (κ3) is 5.61. The predicted molar refractivity (Wildman–Crippen MR) is 121 cm³/mol. The second-order valence-corrected chi connectivity index (χ2v) is 8.50. The van der Waals surface area contributed by atoms with Crippen LogP contribution in [0.2, 0.25) is 5.02 Å². The van der Waals surface area contributed by atoms with Crippen molar-refractivity contribution in [1.82, 2.24) is 15.5 Å². The van der Waals surface area contributed by atoms with E-state index in [1.54, 1.807) is 24.3 Å². The zero-order valence-corrected chi connectivity index (χ0v) is 18.4. The topological polar surface area (TPSA) is 61.4 Å². The van der Waals surface area contributed by atoms with Gasteiger partial charge in [0.2, 0.25) is 5.91 Å². The Hall–Kier alpha value is -2.37. The van der Waals surface area contributed by atoms with Crippen LogP contribution < -0.4 is 10.6 Å². The normalized spacial score (nSPS) is 16.3. The first-order valence-electron chi connectivity index (χ1n) is 10.6. The molecule has 1 aliphatic rings. The molecule has 30 heavy (non-hydrogen) atoms. The number of hydrogen-bond acceptors (Lipinski definition) is 3. The standard InChI is InChI=1S/C24H30ClN3O2/c1-17(2)22(27-23(29)19-12-6-7-13-20(19)25)24(30)26-16-21(28-14-8-9-15-28)18-10-4-3-5-11-18/h3-7,10-13,17,21-22H,8-9,14-16H2,1-2H3,(H,26,30)(H,27,29)/t21-,22-/m1/s1. The number of carbonyl (C=O) groups is 2. The molecule has 1 aliphatic heterocycles. The van der Waals surface area contributed by atoms with Gasteiger partial charge in [-0.25, -0.2) is 0 Å². The van der Waals surface area contributed by atoms with Crippen molar-refractivity contribution in [3.8, 4) is 0 Å². The molecule has 0 bridgehead atoms. The summed E-state index contributed by atoms with van der Waals surface area (Å²) < 4.78 is 0. The lowest BCUT2D eigenvalue weighted by Gasteiger charge is -2.29. The molecular formula is C24H30ClN3O2. The Bertz CT molecular complexity index is 851. The van der Waals surface area contributed by atoms with Gasteiger partial charge in [0, 0.05) is 6.54 Å². The number of amides is 2. The highest BCUT2D eigenvalue weighted by Gasteiger charge is 2.28. The molecule has 6 heteroatoms. The molecule has 160 valence electrons. The fraction of sp³-hybridized carbons (Fsp3) is 0.417. The Balaban J connectivity index is 1.68. The second-order valence-electron chi connectivity index (χ2n) is 8.09. The summed E-state index contributed by atoms with van der Waals surface area (Å²) in [7, 11) is 0. The monoisotopic (exact) mass is 427 g/mol. The molecule has 2 atom stereocenters. The van der Waals surface area contributed by atoms with E-state index in [9.17, 15) is 9.59 Å². The van der Waals surface area contributed by atoms with Crippen molar-refractivity contribution in [3.63, 3.8) is 0 Å². The molecule has 2 N–H and O–H groups in total. The summed E-state index contributed by atoms with van der Waals surface area (Å²) in [5.41, 5.74) is 1.57. The van der Waals surface area contributed by atoms with E-state index in [0.29, 0.717) is 17.1 Å². The lowest BCUT2D eigenvalue weighted by Crippen LogP contribution is -2.51. The largest absolute Gasteiger partial charge is 0.352 e. The van der Waals surface area contributed by atoms with Crippen LogP contribution in [0.5, 0.6) is 0 Å². The first-order chi connectivity index (χ1) is 14.5. The maximum atomic E-state index is 13.0. The Morgan fingerprint density at radius 3 is 2.27 bits per heavy atom. The van der Waals surface area contributed by atoms with E-state index in [1.807, 2.05) is 32.0 Å². The first kappa shape index (κ1) is 22.3. The fourth-order valence-corrected chi connectivity index (χ4v) is 4.11. The third-order valence-electron chi connectivity index (χ3n) is 5.59. The van der Waals surface area contributed by atoms with Crippen molar-refractivity contribution in [2.24, 2.45) is 5.92 Å². The average molecular weight is 428 g/mol. The van der Waals surface area contributed by atoms with Crippen LogP contribution in [0.15, 0.2) is 54.6 Å². The molecule has 0 unspecified atom stereocenters. The maximum absolute atomic E-state index is 13.0. The zero-order chi connectivity index (χ0) is 21.5. The summed E-state index contributed by atoms with van der Waals surface area (Å²) in [6, 6.07) is 16.6. The number of hydrogen-bond donors (Lipinski definition) is 2. The lowest BCUT2D eigenvalue weighted by atomic mass is 10.0. The first-order valence-corrected chi connectivity index (χ1v) is 11.0. The van der Waals surface area contributed by atoms with Gasteiger partial charge >= 0.3 is 0 Å². The summed E-state index contributed by atoms with van der Waals surface area (Å²) in [5.74, 6) is -0.572. The van der Waals surface area contributed by atoms with Crippen molar-refractivity contribution in [2.45, 2.75) is 38.8 Å². The van der Waals surface area contributed by atoms with Gasteiger partial charge in [-0.1, -0.05) is 67.9 Å². The van der Waals surface area contributed by atoms with Gasteiger partial charge in [-0.2, -0.15) is 0 Å². The molecular weight excluding hydrogens is 398 g/mol. The lowest BCUT2D eigenvalue weighted by molar-refractivity contribution is -0.124. The number of rotatable bonds is 8. The minimum Gasteiger partial charge on any atom is -0.352 e. The second kappa shape index (κ2) is 10.6. The van der Waals surface area contributed by atoms with E-state index in [0.717, 1.165) is 13.1 Å². The molecule has 0 aromatic heterocycles. The summed E-state index contributed by atoms with van der Waals surface area (Å²) in [6.07, 6.45) is 2.36. The van der Waals surface area contributed by atoms with Gasteiger partial charge in [0.15, 0.2) is 0 Å². The van der Waals surface area contributed by atoms with Crippen LogP contribution in [0.4, 0.5) is 0 Å². The van der Waals surface area contributed by atoms with Gasteiger partial charge < -0.3 is 10.6 Å². The number of benzene rings is 2. The number of halogens is 1. The van der Waals surface area contributed by atoms with Crippen LogP contribution in [0, 0.1) is 5.92 Å². The smallest absolute Gasteiger partial charge is 0.253 e. The highest BCUT2D eigenvalue weighted by atomic mass is 35.5. The van der Waals surface area contributed by atoms with Crippen LogP contribution in [0.25, 0.3) is 0 Å². The van der Waals surface area contributed by atoms with Crippen molar-refractivity contribution in [3.05, 3.63) is 70.7 Å². The molecule has 2 amide bonds. The van der Waals surface area contributed by atoms with Gasteiger partial charge in [0.1, 0.15) is 6.04 Å². The fourth-order valence-electron chi connectivity index (χ4n) is 3.89. The molecule has 0 aliphatic carbocycles. The zero-order valence-electron chi connectivity index (χ0n) is 17.6. The molecule has 5 nitrogen and oxygen atoms in total. The average Bonchev–Trinajstić information content (AvgIpc) is 3.27. The predicted octanol–water partition coefficient (Wildman–Crippen LogP) is 4.05. The Labute approximate surface area is 183 Å². The third-order valence-corrected chi connectivity index (χ3v) is 5.92. The summed E-state index contributed by atoms with van der Waals surface area (Å²) in [5, 5.41) is 6.31. The van der Waals surface area contributed by atoms with Gasteiger partial charge in [-0.3, -0.25) is 14.5 Å². The van der Waals surface area contributed by atoms with Crippen LogP contribution in [0.3, 0.4) is 0 Å². The minimum absolute atomic E-state index is 0.0570. The number of likely N-dealkylation sites (tertiary alicyclic amines) is 1. The Morgan fingerprint density at radius 2 is 1.63 bits per heavy atom. The Kier molecular flexibility index (Phi) is 7.88.